The van der Waals surface area contributed by atoms with Gasteiger partial charge in [0, 0.05) is 12.8 Å². The molecule has 0 N–H and O–H groups in total. The lowest BCUT2D eigenvalue weighted by Gasteiger charge is -2.47. The van der Waals surface area contributed by atoms with Crippen LogP contribution in [-0.4, -0.2) is 38.1 Å². The second kappa shape index (κ2) is 8.13. The Labute approximate surface area is 160 Å². The Hall–Kier alpha value is -2.34. The number of carbonyl (C=O) groups is 1. The van der Waals surface area contributed by atoms with E-state index in [-0.39, 0.29) is 16.8 Å². The van der Waals surface area contributed by atoms with Crippen molar-refractivity contribution in [2.45, 2.75) is 43.2 Å². The highest BCUT2D eigenvalue weighted by Gasteiger charge is 2.49. The molecule has 1 fully saturated rings. The van der Waals surface area contributed by atoms with Crippen LogP contribution >= 0.6 is 0 Å². The van der Waals surface area contributed by atoms with Crippen molar-refractivity contribution in [1.82, 2.24) is 4.90 Å². The van der Waals surface area contributed by atoms with E-state index in [2.05, 4.69) is 6.92 Å². The minimum atomic E-state index is -3.25. The van der Waals surface area contributed by atoms with E-state index < -0.39 is 15.9 Å². The molecule has 0 unspecified atom stereocenters. The van der Waals surface area contributed by atoms with Gasteiger partial charge in [-0.25, -0.2) is 8.42 Å². The zero-order valence-corrected chi connectivity index (χ0v) is 16.5. The normalized spacial score (nSPS) is 19.6. The van der Waals surface area contributed by atoms with Crippen LogP contribution in [0, 0.1) is 0 Å². The first-order chi connectivity index (χ1) is 12.9. The number of hydrogen-bond donors (Lipinski definition) is 0. The first-order valence-electron chi connectivity index (χ1n) is 9.24. The SMILES string of the molecule is CCCCCN1C(=O)[C@@H](Oc2ccccc2)[C@H]1c1ccc(S(C)(=O)=O)cc1. The van der Waals surface area contributed by atoms with E-state index in [4.69, 9.17) is 4.74 Å². The van der Waals surface area contributed by atoms with Gasteiger partial charge in [0.15, 0.2) is 9.84 Å². The lowest BCUT2D eigenvalue weighted by Crippen LogP contribution is -2.61. The summed E-state index contributed by atoms with van der Waals surface area (Å²) in [6.07, 6.45) is 3.69. The maximum Gasteiger partial charge on any atom is 0.266 e. The summed E-state index contributed by atoms with van der Waals surface area (Å²) in [7, 11) is -3.25. The molecule has 2 aromatic rings. The largest absolute Gasteiger partial charge is 0.478 e. The Kier molecular flexibility index (Phi) is 5.85. The number of ether oxygens (including phenoxy) is 1. The van der Waals surface area contributed by atoms with Crippen molar-refractivity contribution < 1.29 is 17.9 Å². The average Bonchev–Trinajstić information content (AvgIpc) is 2.66. The highest BCUT2D eigenvalue weighted by molar-refractivity contribution is 7.90. The molecule has 2 atom stereocenters. The van der Waals surface area contributed by atoms with Gasteiger partial charge in [0.1, 0.15) is 11.8 Å². The van der Waals surface area contributed by atoms with Gasteiger partial charge in [-0.15, -0.1) is 0 Å². The molecule has 1 saturated heterocycles. The van der Waals surface area contributed by atoms with Crippen LogP contribution in [-0.2, 0) is 14.6 Å². The van der Waals surface area contributed by atoms with Crippen molar-refractivity contribution in [3.63, 3.8) is 0 Å². The molecule has 0 bridgehead atoms. The van der Waals surface area contributed by atoms with E-state index in [1.165, 1.54) is 6.26 Å². The Balaban J connectivity index is 1.83. The fraction of sp³-hybridized carbons (Fsp3) is 0.381. The molecule has 0 radical (unpaired) electrons. The molecule has 1 heterocycles. The summed E-state index contributed by atoms with van der Waals surface area (Å²) >= 11 is 0. The molecule has 5 nitrogen and oxygen atoms in total. The van der Waals surface area contributed by atoms with Crippen LogP contribution in [0.25, 0.3) is 0 Å². The minimum Gasteiger partial charge on any atom is -0.478 e. The van der Waals surface area contributed by atoms with Gasteiger partial charge in [0.2, 0.25) is 6.10 Å². The molecule has 27 heavy (non-hydrogen) atoms. The molecule has 1 aliphatic rings. The number of unbranched alkanes of at least 4 members (excludes halogenated alkanes) is 2. The molecule has 0 aromatic heterocycles. The van der Waals surface area contributed by atoms with Crippen molar-refractivity contribution >= 4 is 15.7 Å². The fourth-order valence-electron chi connectivity index (χ4n) is 3.33. The van der Waals surface area contributed by atoms with Crippen LogP contribution in [0.2, 0.25) is 0 Å². The molecule has 1 aliphatic heterocycles. The van der Waals surface area contributed by atoms with Gasteiger partial charge in [-0.3, -0.25) is 4.79 Å². The summed E-state index contributed by atoms with van der Waals surface area (Å²) in [5, 5.41) is 0. The number of amides is 1. The van der Waals surface area contributed by atoms with Crippen molar-refractivity contribution in [2.24, 2.45) is 0 Å². The van der Waals surface area contributed by atoms with Gasteiger partial charge in [-0.2, -0.15) is 0 Å². The number of benzene rings is 2. The third-order valence-corrected chi connectivity index (χ3v) is 5.94. The number of nitrogens with zero attached hydrogens (tertiary/aromatic N) is 1. The number of para-hydroxylation sites is 1. The lowest BCUT2D eigenvalue weighted by molar-refractivity contribution is -0.164. The van der Waals surface area contributed by atoms with Crippen molar-refractivity contribution in [3.05, 3.63) is 60.2 Å². The quantitative estimate of drug-likeness (QED) is 0.513. The van der Waals surface area contributed by atoms with E-state index in [0.717, 1.165) is 24.8 Å². The Bertz CT molecular complexity index is 878. The van der Waals surface area contributed by atoms with Gasteiger partial charge < -0.3 is 9.64 Å². The topological polar surface area (TPSA) is 63.7 Å². The molecule has 0 spiro atoms. The van der Waals surface area contributed by atoms with E-state index in [1.54, 1.807) is 24.3 Å². The summed E-state index contributed by atoms with van der Waals surface area (Å²) in [6.45, 7) is 2.81. The van der Waals surface area contributed by atoms with E-state index >= 15 is 0 Å². The van der Waals surface area contributed by atoms with Gasteiger partial charge in [0.05, 0.1) is 4.90 Å². The predicted octanol–water partition coefficient (Wildman–Crippen LogP) is 3.61. The summed E-state index contributed by atoms with van der Waals surface area (Å²) in [4.78, 5) is 14.8. The van der Waals surface area contributed by atoms with Crippen LogP contribution in [0.4, 0.5) is 0 Å². The highest BCUT2D eigenvalue weighted by atomic mass is 32.2. The molecule has 0 aliphatic carbocycles. The predicted molar refractivity (Wildman–Crippen MR) is 104 cm³/mol. The lowest BCUT2D eigenvalue weighted by atomic mass is 9.90. The number of hydrogen-bond acceptors (Lipinski definition) is 4. The summed E-state index contributed by atoms with van der Waals surface area (Å²) in [5.74, 6) is 0.633. The van der Waals surface area contributed by atoms with E-state index in [0.29, 0.717) is 12.3 Å². The van der Waals surface area contributed by atoms with Crippen LogP contribution in [0.3, 0.4) is 0 Å². The van der Waals surface area contributed by atoms with Crippen LogP contribution in [0.5, 0.6) is 5.75 Å². The first kappa shape index (κ1) is 19.4. The molecular weight excluding hydrogens is 362 g/mol. The molecule has 144 valence electrons. The summed E-state index contributed by atoms with van der Waals surface area (Å²) in [6, 6.07) is 15.8. The summed E-state index contributed by atoms with van der Waals surface area (Å²) in [5.41, 5.74) is 0.888. The number of likely N-dealkylation sites (tertiary alicyclic amines) is 1. The third-order valence-electron chi connectivity index (χ3n) is 4.81. The van der Waals surface area contributed by atoms with Gasteiger partial charge >= 0.3 is 0 Å². The van der Waals surface area contributed by atoms with Crippen molar-refractivity contribution in [1.29, 1.82) is 0 Å². The van der Waals surface area contributed by atoms with E-state index in [1.807, 2.05) is 35.2 Å². The second-order valence-electron chi connectivity index (χ2n) is 6.88. The minimum absolute atomic E-state index is 0.0212. The van der Waals surface area contributed by atoms with E-state index in [9.17, 15) is 13.2 Å². The highest BCUT2D eigenvalue weighted by Crippen LogP contribution is 2.38. The zero-order valence-electron chi connectivity index (χ0n) is 15.7. The molecule has 3 rings (SSSR count). The monoisotopic (exact) mass is 387 g/mol. The Morgan fingerprint density at radius 3 is 2.26 bits per heavy atom. The molecular formula is C21H25NO4S. The third kappa shape index (κ3) is 4.33. The molecule has 2 aromatic carbocycles. The Morgan fingerprint density at radius 2 is 1.67 bits per heavy atom. The van der Waals surface area contributed by atoms with Crippen LogP contribution in [0.15, 0.2) is 59.5 Å². The fourth-order valence-corrected chi connectivity index (χ4v) is 3.96. The molecule has 6 heteroatoms. The summed E-state index contributed by atoms with van der Waals surface area (Å²) < 4.78 is 29.4. The smallest absolute Gasteiger partial charge is 0.266 e. The van der Waals surface area contributed by atoms with Crippen LogP contribution in [0.1, 0.15) is 37.8 Å². The zero-order chi connectivity index (χ0) is 19.4. The second-order valence-corrected chi connectivity index (χ2v) is 8.89. The maximum absolute atomic E-state index is 12.7. The first-order valence-corrected chi connectivity index (χ1v) is 11.1. The Morgan fingerprint density at radius 1 is 1.00 bits per heavy atom. The van der Waals surface area contributed by atoms with Gasteiger partial charge in [-0.05, 0) is 36.2 Å². The van der Waals surface area contributed by atoms with Crippen molar-refractivity contribution in [2.75, 3.05) is 12.8 Å². The number of β-lactam (4-membered cyclic amide) rings is 1. The average molecular weight is 388 g/mol. The van der Waals surface area contributed by atoms with Crippen LogP contribution < -0.4 is 4.74 Å². The van der Waals surface area contributed by atoms with Crippen molar-refractivity contribution in [3.8, 4) is 5.75 Å². The van der Waals surface area contributed by atoms with Gasteiger partial charge in [0.25, 0.3) is 5.91 Å². The van der Waals surface area contributed by atoms with Gasteiger partial charge in [-0.1, -0.05) is 50.1 Å². The molecule has 0 saturated carbocycles. The molecule has 1 amide bonds. The number of sulfone groups is 1. The number of rotatable bonds is 8. The standard InChI is InChI=1S/C21H25NO4S/c1-3-4-8-15-22-19(16-11-13-18(14-12-16)27(2,24)25)20(21(22)23)26-17-9-6-5-7-10-17/h5-7,9-14,19-20H,3-4,8,15H2,1-2H3/t19-,20+/m1/s1. The maximum atomic E-state index is 12.7. The number of carbonyl (C=O) groups excluding carboxylic acids is 1.